The van der Waals surface area contributed by atoms with Crippen LogP contribution in [0.2, 0.25) is 0 Å². The van der Waals surface area contributed by atoms with Crippen LogP contribution in [0.25, 0.3) is 0 Å². The minimum absolute atomic E-state index is 0.199. The summed E-state index contributed by atoms with van der Waals surface area (Å²) in [5, 5.41) is 8.86. The van der Waals surface area contributed by atoms with Crippen LogP contribution >= 0.6 is 0 Å². The molecule has 1 heterocycles. The number of carboxylic acid groups (broad SMARTS) is 1. The Morgan fingerprint density at radius 3 is 2.38 bits per heavy atom. The van der Waals surface area contributed by atoms with Gasteiger partial charge in [-0.1, -0.05) is 6.92 Å². The van der Waals surface area contributed by atoms with Crippen molar-refractivity contribution in [1.29, 1.82) is 0 Å². The van der Waals surface area contributed by atoms with E-state index in [4.69, 9.17) is 5.11 Å². The van der Waals surface area contributed by atoms with Crippen LogP contribution in [0.3, 0.4) is 0 Å². The van der Waals surface area contributed by atoms with E-state index in [1.165, 1.54) is 6.42 Å². The van der Waals surface area contributed by atoms with Crippen LogP contribution < -0.4 is 0 Å². The normalized spacial score (nSPS) is 36.8. The first-order valence-electron chi connectivity index (χ1n) is 5.06. The smallest absolute Gasteiger partial charge is 0.307 e. The van der Waals surface area contributed by atoms with Gasteiger partial charge in [0.1, 0.15) is 0 Å². The molecule has 0 radical (unpaired) electrons. The fourth-order valence-electron chi connectivity index (χ4n) is 2.29. The number of carboxylic acids is 1. The van der Waals surface area contributed by atoms with Gasteiger partial charge in [0.2, 0.25) is 0 Å². The summed E-state index contributed by atoms with van der Waals surface area (Å²) < 4.78 is 0. The molecule has 1 aliphatic heterocycles. The minimum atomic E-state index is -0.673. The number of aliphatic carboxylic acids is 1. The molecular formula is C10H17NO2. The lowest BCUT2D eigenvalue weighted by atomic mass is 10.0. The number of likely N-dealkylation sites (tertiary alicyclic amines) is 1. The van der Waals surface area contributed by atoms with Crippen molar-refractivity contribution in [3.63, 3.8) is 0 Å². The summed E-state index contributed by atoms with van der Waals surface area (Å²) in [7, 11) is 0. The Labute approximate surface area is 78.7 Å². The highest BCUT2D eigenvalue weighted by molar-refractivity contribution is 5.70. The van der Waals surface area contributed by atoms with Crippen LogP contribution in [0.1, 0.15) is 20.3 Å². The fraction of sp³-hybridized carbons (Fsp3) is 0.900. The third kappa shape index (κ3) is 1.57. The molecule has 4 unspecified atom stereocenters. The molecule has 1 aliphatic carbocycles. The van der Waals surface area contributed by atoms with Gasteiger partial charge in [0.15, 0.2) is 0 Å². The number of piperidine rings is 1. The Morgan fingerprint density at radius 1 is 1.38 bits per heavy atom. The lowest BCUT2D eigenvalue weighted by molar-refractivity contribution is -0.143. The van der Waals surface area contributed by atoms with E-state index in [1.807, 2.05) is 6.92 Å². The maximum Gasteiger partial charge on any atom is 0.307 e. The Morgan fingerprint density at radius 2 is 1.92 bits per heavy atom. The van der Waals surface area contributed by atoms with Gasteiger partial charge in [-0.05, 0) is 25.2 Å². The van der Waals surface area contributed by atoms with Gasteiger partial charge in [-0.25, -0.2) is 0 Å². The highest BCUT2D eigenvalue weighted by Crippen LogP contribution is 2.45. The molecule has 74 valence electrons. The predicted molar refractivity (Wildman–Crippen MR) is 49.4 cm³/mol. The van der Waals surface area contributed by atoms with Crippen LogP contribution in [-0.2, 0) is 4.79 Å². The summed E-state index contributed by atoms with van der Waals surface area (Å²) in [6.07, 6.45) is 1.38. The molecular weight excluding hydrogens is 166 g/mol. The van der Waals surface area contributed by atoms with Gasteiger partial charge < -0.3 is 5.11 Å². The van der Waals surface area contributed by atoms with Crippen molar-refractivity contribution in [2.45, 2.75) is 26.3 Å². The Hall–Kier alpha value is -0.570. The molecule has 2 rings (SSSR count). The number of rotatable bonds is 3. The molecule has 1 saturated carbocycles. The van der Waals surface area contributed by atoms with Gasteiger partial charge in [-0.2, -0.15) is 0 Å². The third-order valence-electron chi connectivity index (χ3n) is 3.70. The highest BCUT2D eigenvalue weighted by Gasteiger charge is 2.47. The molecule has 2 fully saturated rings. The van der Waals surface area contributed by atoms with E-state index in [-0.39, 0.29) is 12.0 Å². The van der Waals surface area contributed by atoms with E-state index in [1.54, 1.807) is 6.92 Å². The molecule has 3 heteroatoms. The molecule has 0 amide bonds. The standard InChI is InChI=1S/C10H17NO2/c1-6(10(12)13)7(2)11-4-8-3-9(8)5-11/h6-9H,3-5H2,1-2H3,(H,12,13). The summed E-state index contributed by atoms with van der Waals surface area (Å²) in [6, 6.07) is 0.199. The van der Waals surface area contributed by atoms with Crippen LogP contribution in [0.4, 0.5) is 0 Å². The average molecular weight is 183 g/mol. The molecule has 0 spiro atoms. The minimum Gasteiger partial charge on any atom is -0.481 e. The second-order valence-corrected chi connectivity index (χ2v) is 4.58. The summed E-state index contributed by atoms with van der Waals surface area (Å²) in [6.45, 7) is 6.09. The molecule has 1 saturated heterocycles. The molecule has 0 aromatic carbocycles. The summed E-state index contributed by atoms with van der Waals surface area (Å²) in [4.78, 5) is 13.1. The number of hydrogen-bond donors (Lipinski definition) is 1. The lowest BCUT2D eigenvalue weighted by Gasteiger charge is -2.28. The maximum absolute atomic E-state index is 10.8. The van der Waals surface area contributed by atoms with E-state index in [0.29, 0.717) is 0 Å². The van der Waals surface area contributed by atoms with E-state index in [0.717, 1.165) is 24.9 Å². The largest absolute Gasteiger partial charge is 0.481 e. The van der Waals surface area contributed by atoms with Crippen LogP contribution in [0.5, 0.6) is 0 Å². The quantitative estimate of drug-likeness (QED) is 0.711. The molecule has 4 atom stereocenters. The average Bonchev–Trinajstić information content (AvgIpc) is 2.71. The zero-order chi connectivity index (χ0) is 9.59. The SMILES string of the molecule is CC(C(=O)O)C(C)N1CC2CC2C1. The summed E-state index contributed by atoms with van der Waals surface area (Å²) in [5.74, 6) is 0.873. The van der Waals surface area contributed by atoms with Gasteiger partial charge in [-0.3, -0.25) is 9.69 Å². The zero-order valence-electron chi connectivity index (χ0n) is 8.23. The van der Waals surface area contributed by atoms with Crippen molar-refractivity contribution in [3.05, 3.63) is 0 Å². The Kier molecular flexibility index (Phi) is 2.06. The van der Waals surface area contributed by atoms with Crippen molar-refractivity contribution in [2.75, 3.05) is 13.1 Å². The molecule has 1 N–H and O–H groups in total. The van der Waals surface area contributed by atoms with Gasteiger partial charge in [0.05, 0.1) is 5.92 Å². The van der Waals surface area contributed by atoms with Crippen LogP contribution in [0, 0.1) is 17.8 Å². The predicted octanol–water partition coefficient (Wildman–Crippen LogP) is 1.05. The molecule has 2 aliphatic rings. The third-order valence-corrected chi connectivity index (χ3v) is 3.70. The van der Waals surface area contributed by atoms with Crippen molar-refractivity contribution >= 4 is 5.97 Å². The van der Waals surface area contributed by atoms with Crippen molar-refractivity contribution < 1.29 is 9.90 Å². The Balaban J connectivity index is 1.89. The van der Waals surface area contributed by atoms with Crippen molar-refractivity contribution in [2.24, 2.45) is 17.8 Å². The highest BCUT2D eigenvalue weighted by atomic mass is 16.4. The first kappa shape index (κ1) is 9.00. The number of nitrogens with zero attached hydrogens (tertiary/aromatic N) is 1. The van der Waals surface area contributed by atoms with Crippen LogP contribution in [-0.4, -0.2) is 35.1 Å². The van der Waals surface area contributed by atoms with Gasteiger partial charge in [0.25, 0.3) is 0 Å². The molecule has 0 bridgehead atoms. The van der Waals surface area contributed by atoms with Gasteiger partial charge in [0, 0.05) is 19.1 Å². The first-order valence-corrected chi connectivity index (χ1v) is 5.06. The van der Waals surface area contributed by atoms with E-state index in [2.05, 4.69) is 4.90 Å². The van der Waals surface area contributed by atoms with Crippen LogP contribution in [0.15, 0.2) is 0 Å². The topological polar surface area (TPSA) is 40.5 Å². The second-order valence-electron chi connectivity index (χ2n) is 4.58. The second kappa shape index (κ2) is 2.98. The van der Waals surface area contributed by atoms with Crippen molar-refractivity contribution in [1.82, 2.24) is 4.90 Å². The van der Waals surface area contributed by atoms with E-state index < -0.39 is 5.97 Å². The molecule has 3 nitrogen and oxygen atoms in total. The summed E-state index contributed by atoms with van der Waals surface area (Å²) >= 11 is 0. The number of carbonyl (C=O) groups is 1. The van der Waals surface area contributed by atoms with E-state index in [9.17, 15) is 4.79 Å². The first-order chi connectivity index (χ1) is 6.09. The Bertz CT molecular complexity index is 219. The molecule has 0 aromatic rings. The fourth-order valence-corrected chi connectivity index (χ4v) is 2.29. The van der Waals surface area contributed by atoms with Crippen molar-refractivity contribution in [3.8, 4) is 0 Å². The number of fused-ring (bicyclic) bond motifs is 1. The lowest BCUT2D eigenvalue weighted by Crippen LogP contribution is -2.40. The molecule has 0 aromatic heterocycles. The zero-order valence-corrected chi connectivity index (χ0v) is 8.23. The monoisotopic (exact) mass is 183 g/mol. The molecule has 13 heavy (non-hydrogen) atoms. The number of hydrogen-bond acceptors (Lipinski definition) is 2. The van der Waals surface area contributed by atoms with E-state index >= 15 is 0 Å². The van der Waals surface area contributed by atoms with Gasteiger partial charge >= 0.3 is 5.97 Å². The summed E-state index contributed by atoms with van der Waals surface area (Å²) in [5.41, 5.74) is 0. The van der Waals surface area contributed by atoms with Gasteiger partial charge in [-0.15, -0.1) is 0 Å². The maximum atomic E-state index is 10.8.